The van der Waals surface area contributed by atoms with E-state index in [1.54, 1.807) is 0 Å². The number of benzene rings is 1. The first kappa shape index (κ1) is 13.0. The fourth-order valence-corrected chi connectivity index (χ4v) is 1.30. The summed E-state index contributed by atoms with van der Waals surface area (Å²) in [6.45, 7) is 4.62. The maximum Gasteiger partial charge on any atom is 0.293 e. The van der Waals surface area contributed by atoms with E-state index in [1.807, 2.05) is 13.8 Å². The summed E-state index contributed by atoms with van der Waals surface area (Å²) in [6.07, 6.45) is 0. The topological polar surface area (TPSA) is 98.3 Å². The van der Waals surface area contributed by atoms with Crippen molar-refractivity contribution in [2.45, 2.75) is 13.8 Å². The molecule has 0 unspecified atom stereocenters. The molecule has 3 N–H and O–H groups in total. The number of nitrogens with two attached hydrogens (primary N) is 1. The van der Waals surface area contributed by atoms with Gasteiger partial charge in [0.25, 0.3) is 5.69 Å². The van der Waals surface area contributed by atoms with Gasteiger partial charge in [-0.15, -0.1) is 0 Å². The molecule has 0 aliphatic rings. The monoisotopic (exact) mass is 237 g/mol. The predicted molar refractivity (Wildman–Crippen MR) is 64.9 cm³/mol. The number of carbonyl (C=O) groups excluding carboxylic acids is 1. The van der Waals surface area contributed by atoms with Gasteiger partial charge in [0.15, 0.2) is 0 Å². The Hall–Kier alpha value is -2.11. The summed E-state index contributed by atoms with van der Waals surface area (Å²) < 4.78 is 0. The van der Waals surface area contributed by atoms with Crippen LogP contribution in [0.5, 0.6) is 0 Å². The average Bonchev–Trinajstić information content (AvgIpc) is 2.25. The molecule has 0 aliphatic carbocycles. The van der Waals surface area contributed by atoms with Gasteiger partial charge in [-0.3, -0.25) is 14.9 Å². The van der Waals surface area contributed by atoms with Gasteiger partial charge in [0.05, 0.1) is 4.92 Å². The molecule has 0 saturated carbocycles. The fraction of sp³-hybridized carbons (Fsp3) is 0.364. The highest BCUT2D eigenvalue weighted by Crippen LogP contribution is 2.25. The summed E-state index contributed by atoms with van der Waals surface area (Å²) in [5, 5.41) is 13.8. The van der Waals surface area contributed by atoms with E-state index < -0.39 is 10.8 Å². The van der Waals surface area contributed by atoms with Crippen LogP contribution in [0.2, 0.25) is 0 Å². The zero-order chi connectivity index (χ0) is 13.0. The highest BCUT2D eigenvalue weighted by atomic mass is 16.6. The first-order valence-electron chi connectivity index (χ1n) is 5.24. The Morgan fingerprint density at radius 1 is 1.53 bits per heavy atom. The van der Waals surface area contributed by atoms with Crippen LogP contribution in [0, 0.1) is 16.0 Å². The highest BCUT2D eigenvalue weighted by Gasteiger charge is 2.16. The largest absolute Gasteiger partial charge is 0.379 e. The van der Waals surface area contributed by atoms with Crippen LogP contribution in [-0.2, 0) is 0 Å². The lowest BCUT2D eigenvalue weighted by Gasteiger charge is -2.09. The summed E-state index contributed by atoms with van der Waals surface area (Å²) in [5.74, 6) is -0.311. The zero-order valence-electron chi connectivity index (χ0n) is 9.77. The van der Waals surface area contributed by atoms with Gasteiger partial charge < -0.3 is 11.1 Å². The number of hydrogen-bond acceptors (Lipinski definition) is 4. The van der Waals surface area contributed by atoms with E-state index in [0.717, 1.165) is 0 Å². The van der Waals surface area contributed by atoms with Crippen LogP contribution in [0.25, 0.3) is 0 Å². The Bertz CT molecular complexity index is 444. The summed E-state index contributed by atoms with van der Waals surface area (Å²) in [5.41, 5.74) is 5.46. The van der Waals surface area contributed by atoms with Crippen LogP contribution >= 0.6 is 0 Å². The molecule has 0 fully saturated rings. The molecule has 0 radical (unpaired) electrons. The van der Waals surface area contributed by atoms with Gasteiger partial charge in [0.1, 0.15) is 5.69 Å². The Balaban J connectivity index is 3.04. The molecule has 1 aromatic carbocycles. The molecular weight excluding hydrogens is 222 g/mol. The van der Waals surface area contributed by atoms with Gasteiger partial charge in [0.2, 0.25) is 5.91 Å². The fourth-order valence-electron chi connectivity index (χ4n) is 1.30. The van der Waals surface area contributed by atoms with E-state index in [2.05, 4.69) is 5.32 Å². The number of amides is 1. The van der Waals surface area contributed by atoms with Crippen LogP contribution < -0.4 is 11.1 Å². The van der Waals surface area contributed by atoms with E-state index >= 15 is 0 Å². The lowest BCUT2D eigenvalue weighted by Crippen LogP contribution is -2.13. The summed E-state index contributed by atoms with van der Waals surface area (Å²) >= 11 is 0. The van der Waals surface area contributed by atoms with Crippen LogP contribution in [0.15, 0.2) is 18.2 Å². The molecule has 0 bridgehead atoms. The quantitative estimate of drug-likeness (QED) is 0.602. The molecule has 0 spiro atoms. The molecular formula is C11H15N3O3. The average molecular weight is 237 g/mol. The van der Waals surface area contributed by atoms with Crippen LogP contribution in [0.4, 0.5) is 11.4 Å². The maximum absolute atomic E-state index is 10.9. The van der Waals surface area contributed by atoms with Gasteiger partial charge >= 0.3 is 0 Å². The van der Waals surface area contributed by atoms with Crippen molar-refractivity contribution in [3.05, 3.63) is 33.9 Å². The Kier molecular flexibility index (Phi) is 4.03. The van der Waals surface area contributed by atoms with E-state index in [1.165, 1.54) is 18.2 Å². The van der Waals surface area contributed by atoms with Crippen LogP contribution in [0.1, 0.15) is 24.2 Å². The number of primary amides is 1. The third kappa shape index (κ3) is 3.44. The minimum absolute atomic E-state index is 0.131. The van der Waals surface area contributed by atoms with Gasteiger partial charge in [-0.1, -0.05) is 13.8 Å². The minimum atomic E-state index is -0.677. The third-order valence-electron chi connectivity index (χ3n) is 2.18. The van der Waals surface area contributed by atoms with Crippen molar-refractivity contribution >= 4 is 17.3 Å². The lowest BCUT2D eigenvalue weighted by molar-refractivity contribution is -0.384. The first-order valence-corrected chi connectivity index (χ1v) is 5.24. The molecule has 1 rings (SSSR count). The van der Waals surface area contributed by atoms with E-state index in [9.17, 15) is 14.9 Å². The second-order valence-corrected chi connectivity index (χ2v) is 4.13. The molecule has 92 valence electrons. The van der Waals surface area contributed by atoms with Crippen molar-refractivity contribution in [2.75, 3.05) is 11.9 Å². The molecule has 6 heteroatoms. The Morgan fingerprint density at radius 3 is 2.65 bits per heavy atom. The number of nitrogens with one attached hydrogen (secondary N) is 1. The molecule has 0 aliphatic heterocycles. The van der Waals surface area contributed by atoms with Crippen molar-refractivity contribution < 1.29 is 9.72 Å². The predicted octanol–water partition coefficient (Wildman–Crippen LogP) is 1.76. The van der Waals surface area contributed by atoms with Crippen molar-refractivity contribution in [3.8, 4) is 0 Å². The molecule has 17 heavy (non-hydrogen) atoms. The zero-order valence-corrected chi connectivity index (χ0v) is 9.77. The number of anilines is 1. The summed E-state index contributed by atoms with van der Waals surface area (Å²) in [6, 6.07) is 4.16. The van der Waals surface area contributed by atoms with Gasteiger partial charge in [-0.25, -0.2) is 0 Å². The van der Waals surface area contributed by atoms with Crippen molar-refractivity contribution in [2.24, 2.45) is 11.7 Å². The molecule has 0 atom stereocenters. The van der Waals surface area contributed by atoms with Crippen molar-refractivity contribution in [3.63, 3.8) is 0 Å². The Morgan fingerprint density at radius 2 is 2.18 bits per heavy atom. The molecule has 6 nitrogen and oxygen atoms in total. The number of carbonyl (C=O) groups is 1. The number of hydrogen-bond donors (Lipinski definition) is 2. The second kappa shape index (κ2) is 5.29. The van der Waals surface area contributed by atoms with E-state index in [4.69, 9.17) is 5.73 Å². The number of nitro groups is 1. The standard InChI is InChI=1S/C11H15N3O3/c1-7(2)6-13-9-4-3-8(11(12)15)5-10(9)14(16)17/h3-5,7,13H,6H2,1-2H3,(H2,12,15). The van der Waals surface area contributed by atoms with E-state index in [0.29, 0.717) is 18.2 Å². The minimum Gasteiger partial charge on any atom is -0.379 e. The van der Waals surface area contributed by atoms with Gasteiger partial charge in [0, 0.05) is 18.2 Å². The van der Waals surface area contributed by atoms with E-state index in [-0.39, 0.29) is 11.3 Å². The number of nitro benzene ring substituents is 1. The number of nitrogens with zero attached hydrogens (tertiary/aromatic N) is 1. The van der Waals surface area contributed by atoms with Gasteiger partial charge in [-0.2, -0.15) is 0 Å². The third-order valence-corrected chi connectivity index (χ3v) is 2.18. The molecule has 0 heterocycles. The number of rotatable bonds is 5. The maximum atomic E-state index is 10.9. The summed E-state index contributed by atoms with van der Waals surface area (Å²) in [7, 11) is 0. The van der Waals surface area contributed by atoms with Gasteiger partial charge in [-0.05, 0) is 18.1 Å². The normalized spacial score (nSPS) is 10.3. The summed E-state index contributed by atoms with van der Waals surface area (Å²) in [4.78, 5) is 21.3. The first-order chi connectivity index (χ1) is 7.91. The smallest absolute Gasteiger partial charge is 0.293 e. The Labute approximate surface area is 99.0 Å². The molecule has 0 saturated heterocycles. The molecule has 1 aromatic rings. The lowest BCUT2D eigenvalue weighted by atomic mass is 10.1. The SMILES string of the molecule is CC(C)CNc1ccc(C(N)=O)cc1[N+](=O)[O-]. The van der Waals surface area contributed by atoms with Crippen LogP contribution in [-0.4, -0.2) is 17.4 Å². The molecule has 1 amide bonds. The van der Waals surface area contributed by atoms with Crippen LogP contribution in [0.3, 0.4) is 0 Å². The van der Waals surface area contributed by atoms with Crippen molar-refractivity contribution in [1.29, 1.82) is 0 Å². The second-order valence-electron chi connectivity index (χ2n) is 4.13. The molecule has 0 aromatic heterocycles. The van der Waals surface area contributed by atoms with Crippen molar-refractivity contribution in [1.82, 2.24) is 0 Å². The highest BCUT2D eigenvalue weighted by molar-refractivity contribution is 5.94.